The normalized spacial score (nSPS) is 11.0. The standard InChI is InChI=1S/C22H14ClN5O2/c23-15-5-3-4-14(12-15)21(29)25-16-8-10-17(11-9-16)30-22-20-27-24-13-28(20)19-7-2-1-6-18(19)26-22/h1-13H,(H,25,29). The van der Waals surface area contributed by atoms with Crippen LogP contribution < -0.4 is 10.1 Å². The highest BCUT2D eigenvalue weighted by Gasteiger charge is 2.12. The number of carbonyl (C=O) groups is 1. The van der Waals surface area contributed by atoms with E-state index in [9.17, 15) is 4.79 Å². The second-order valence-corrected chi connectivity index (χ2v) is 6.96. The molecule has 0 bridgehead atoms. The summed E-state index contributed by atoms with van der Waals surface area (Å²) in [5, 5.41) is 11.4. The van der Waals surface area contributed by atoms with E-state index in [1.165, 1.54) is 0 Å². The second-order valence-electron chi connectivity index (χ2n) is 6.52. The summed E-state index contributed by atoms with van der Waals surface area (Å²) in [6.07, 6.45) is 1.63. The van der Waals surface area contributed by atoms with Gasteiger partial charge in [0.25, 0.3) is 11.8 Å². The van der Waals surface area contributed by atoms with Crippen LogP contribution >= 0.6 is 11.6 Å². The topological polar surface area (TPSA) is 81.4 Å². The summed E-state index contributed by atoms with van der Waals surface area (Å²) in [4.78, 5) is 16.9. The van der Waals surface area contributed by atoms with Crippen LogP contribution in [0.2, 0.25) is 5.02 Å². The molecule has 0 fully saturated rings. The summed E-state index contributed by atoms with van der Waals surface area (Å²) >= 11 is 5.95. The van der Waals surface area contributed by atoms with E-state index in [1.54, 1.807) is 54.9 Å². The molecule has 0 atom stereocenters. The van der Waals surface area contributed by atoms with Crippen molar-refractivity contribution < 1.29 is 9.53 Å². The fraction of sp³-hybridized carbons (Fsp3) is 0. The molecule has 0 unspecified atom stereocenters. The summed E-state index contributed by atoms with van der Waals surface area (Å²) in [5.74, 6) is 0.665. The summed E-state index contributed by atoms with van der Waals surface area (Å²) in [7, 11) is 0. The van der Waals surface area contributed by atoms with Crippen molar-refractivity contribution in [2.45, 2.75) is 0 Å². The Labute approximate surface area is 175 Å². The largest absolute Gasteiger partial charge is 0.436 e. The van der Waals surface area contributed by atoms with Crippen LogP contribution in [0.5, 0.6) is 11.6 Å². The van der Waals surface area contributed by atoms with Gasteiger partial charge in [-0.3, -0.25) is 9.20 Å². The fourth-order valence-corrected chi connectivity index (χ4v) is 3.29. The SMILES string of the molecule is O=C(Nc1ccc(Oc2nc3ccccc3n3cnnc23)cc1)c1cccc(Cl)c1. The Kier molecular flexibility index (Phi) is 4.49. The number of ether oxygens (including phenoxy) is 1. The molecule has 0 saturated heterocycles. The number of halogens is 1. The molecule has 3 aromatic carbocycles. The number of rotatable bonds is 4. The number of nitrogens with zero attached hydrogens (tertiary/aromatic N) is 4. The molecule has 30 heavy (non-hydrogen) atoms. The molecule has 2 heterocycles. The van der Waals surface area contributed by atoms with Crippen molar-refractivity contribution in [1.29, 1.82) is 0 Å². The van der Waals surface area contributed by atoms with Gasteiger partial charge >= 0.3 is 0 Å². The quantitative estimate of drug-likeness (QED) is 0.448. The fourth-order valence-electron chi connectivity index (χ4n) is 3.10. The van der Waals surface area contributed by atoms with Gasteiger partial charge in [0.1, 0.15) is 12.1 Å². The van der Waals surface area contributed by atoms with Gasteiger partial charge in [0, 0.05) is 16.3 Å². The van der Waals surface area contributed by atoms with E-state index in [0.29, 0.717) is 33.6 Å². The Morgan fingerprint density at radius 1 is 1.00 bits per heavy atom. The van der Waals surface area contributed by atoms with Crippen LogP contribution in [0.3, 0.4) is 0 Å². The van der Waals surface area contributed by atoms with Crippen LogP contribution in [0.4, 0.5) is 5.69 Å². The maximum Gasteiger partial charge on any atom is 0.266 e. The first-order valence-electron chi connectivity index (χ1n) is 9.11. The van der Waals surface area contributed by atoms with Crippen molar-refractivity contribution in [3.8, 4) is 11.6 Å². The van der Waals surface area contributed by atoms with Gasteiger partial charge in [-0.1, -0.05) is 29.8 Å². The van der Waals surface area contributed by atoms with Gasteiger partial charge in [0.2, 0.25) is 5.65 Å². The Morgan fingerprint density at radius 3 is 2.67 bits per heavy atom. The minimum Gasteiger partial charge on any atom is -0.436 e. The van der Waals surface area contributed by atoms with Gasteiger partial charge in [-0.15, -0.1) is 10.2 Å². The predicted octanol–water partition coefficient (Wildman–Crippen LogP) is 4.98. The average Bonchev–Trinajstić information content (AvgIpc) is 3.26. The number of hydrogen-bond acceptors (Lipinski definition) is 5. The molecule has 0 aliphatic heterocycles. The first kappa shape index (κ1) is 18.1. The van der Waals surface area contributed by atoms with E-state index in [-0.39, 0.29) is 5.91 Å². The molecule has 146 valence electrons. The Bertz CT molecular complexity index is 1380. The molecule has 1 N–H and O–H groups in total. The molecule has 8 heteroatoms. The highest BCUT2D eigenvalue weighted by atomic mass is 35.5. The zero-order valence-corrected chi connectivity index (χ0v) is 16.2. The summed E-state index contributed by atoms with van der Waals surface area (Å²) < 4.78 is 7.78. The van der Waals surface area contributed by atoms with Gasteiger partial charge in [-0.05, 0) is 54.6 Å². The zero-order valence-electron chi connectivity index (χ0n) is 15.5. The third-order valence-electron chi connectivity index (χ3n) is 4.52. The van der Waals surface area contributed by atoms with Crippen molar-refractivity contribution in [2.75, 3.05) is 5.32 Å². The van der Waals surface area contributed by atoms with Crippen molar-refractivity contribution in [3.63, 3.8) is 0 Å². The second kappa shape index (κ2) is 7.46. The third-order valence-corrected chi connectivity index (χ3v) is 4.75. The van der Waals surface area contributed by atoms with Gasteiger partial charge in [-0.2, -0.15) is 0 Å². The minimum absolute atomic E-state index is 0.243. The van der Waals surface area contributed by atoms with E-state index in [0.717, 1.165) is 11.0 Å². The van der Waals surface area contributed by atoms with Crippen LogP contribution in [-0.4, -0.2) is 25.5 Å². The monoisotopic (exact) mass is 415 g/mol. The molecule has 5 aromatic rings. The zero-order chi connectivity index (χ0) is 20.5. The van der Waals surface area contributed by atoms with E-state index < -0.39 is 0 Å². The first-order valence-corrected chi connectivity index (χ1v) is 9.48. The number of amides is 1. The molecule has 7 nitrogen and oxygen atoms in total. The molecule has 2 aromatic heterocycles. The van der Waals surface area contributed by atoms with Crippen LogP contribution in [0, 0.1) is 0 Å². The van der Waals surface area contributed by atoms with Gasteiger partial charge in [-0.25, -0.2) is 4.98 Å². The molecule has 5 rings (SSSR count). The third kappa shape index (κ3) is 3.42. The molecular formula is C22H14ClN5O2. The molecule has 0 aliphatic rings. The Hall–Kier alpha value is -3.97. The smallest absolute Gasteiger partial charge is 0.266 e. The molecule has 0 spiro atoms. The average molecular weight is 416 g/mol. The number of nitrogens with one attached hydrogen (secondary N) is 1. The van der Waals surface area contributed by atoms with Gasteiger partial charge in [0.15, 0.2) is 0 Å². The number of hydrogen-bond donors (Lipinski definition) is 1. The first-order chi connectivity index (χ1) is 14.7. The summed E-state index contributed by atoms with van der Waals surface area (Å²) in [5.41, 5.74) is 3.30. The Balaban J connectivity index is 1.38. The van der Waals surface area contributed by atoms with E-state index in [1.807, 2.05) is 28.7 Å². The van der Waals surface area contributed by atoms with Gasteiger partial charge < -0.3 is 10.1 Å². The number of para-hydroxylation sites is 2. The van der Waals surface area contributed by atoms with Crippen molar-refractivity contribution >= 4 is 39.9 Å². The summed E-state index contributed by atoms with van der Waals surface area (Å²) in [6, 6.07) is 21.4. The highest BCUT2D eigenvalue weighted by Crippen LogP contribution is 2.27. The predicted molar refractivity (Wildman–Crippen MR) is 114 cm³/mol. The molecule has 0 radical (unpaired) electrons. The molecular weight excluding hydrogens is 402 g/mol. The van der Waals surface area contributed by atoms with Crippen LogP contribution in [0.1, 0.15) is 10.4 Å². The van der Waals surface area contributed by atoms with Crippen molar-refractivity contribution in [3.05, 3.63) is 89.7 Å². The number of carbonyl (C=O) groups excluding carboxylic acids is 1. The van der Waals surface area contributed by atoms with Crippen LogP contribution in [0.15, 0.2) is 79.1 Å². The number of fused-ring (bicyclic) bond motifs is 3. The molecule has 0 saturated carbocycles. The molecule has 1 amide bonds. The lowest BCUT2D eigenvalue weighted by molar-refractivity contribution is 0.102. The molecule has 0 aliphatic carbocycles. The van der Waals surface area contributed by atoms with Crippen molar-refractivity contribution in [2.24, 2.45) is 0 Å². The highest BCUT2D eigenvalue weighted by molar-refractivity contribution is 6.31. The maximum atomic E-state index is 12.4. The lowest BCUT2D eigenvalue weighted by Gasteiger charge is -2.09. The number of anilines is 1. The number of aromatic nitrogens is 4. The Morgan fingerprint density at radius 2 is 1.83 bits per heavy atom. The van der Waals surface area contributed by atoms with Crippen molar-refractivity contribution in [1.82, 2.24) is 19.6 Å². The van der Waals surface area contributed by atoms with E-state index in [4.69, 9.17) is 16.3 Å². The van der Waals surface area contributed by atoms with Gasteiger partial charge in [0.05, 0.1) is 11.0 Å². The summed E-state index contributed by atoms with van der Waals surface area (Å²) in [6.45, 7) is 0. The maximum absolute atomic E-state index is 12.4. The lowest BCUT2D eigenvalue weighted by atomic mass is 10.2. The van der Waals surface area contributed by atoms with E-state index in [2.05, 4.69) is 20.5 Å². The van der Waals surface area contributed by atoms with Crippen LogP contribution in [0.25, 0.3) is 16.7 Å². The number of benzene rings is 3. The lowest BCUT2D eigenvalue weighted by Crippen LogP contribution is -2.11. The van der Waals surface area contributed by atoms with E-state index >= 15 is 0 Å². The minimum atomic E-state index is -0.243. The van der Waals surface area contributed by atoms with Crippen LogP contribution in [-0.2, 0) is 0 Å².